The van der Waals surface area contributed by atoms with Crippen LogP contribution in [-0.2, 0) is 14.3 Å². The normalized spacial score (nSPS) is 19.1. The molecule has 1 saturated heterocycles. The Kier molecular flexibility index (Phi) is 4.26. The van der Waals surface area contributed by atoms with Gasteiger partial charge in [-0.15, -0.1) is 0 Å². The third-order valence-corrected chi connectivity index (χ3v) is 2.83. The smallest absolute Gasteiger partial charge is 0.243 e. The summed E-state index contributed by atoms with van der Waals surface area (Å²) < 4.78 is 5.17. The summed E-state index contributed by atoms with van der Waals surface area (Å²) in [6, 6.07) is 0. The maximum atomic E-state index is 12.1. The Balaban J connectivity index is 2.68. The summed E-state index contributed by atoms with van der Waals surface area (Å²) in [6.45, 7) is 3.12. The Labute approximate surface area is 94.9 Å². The fraction of sp³-hybridized carbons (Fsp3) is 0.800. The molecule has 0 aromatic heterocycles. The quantitative estimate of drug-likeness (QED) is 0.634. The predicted molar refractivity (Wildman–Crippen MR) is 58.4 cm³/mol. The van der Waals surface area contributed by atoms with Gasteiger partial charge < -0.3 is 21.1 Å². The minimum atomic E-state index is -0.899. The van der Waals surface area contributed by atoms with E-state index < -0.39 is 11.4 Å². The first-order valence-corrected chi connectivity index (χ1v) is 5.44. The summed E-state index contributed by atoms with van der Waals surface area (Å²) in [5.41, 5.74) is 10.2. The van der Waals surface area contributed by atoms with E-state index in [-0.39, 0.29) is 12.5 Å². The Bertz CT molecular complexity index is 274. The van der Waals surface area contributed by atoms with Crippen LogP contribution in [0.5, 0.6) is 0 Å². The highest BCUT2D eigenvalue weighted by Gasteiger charge is 2.38. The molecule has 1 fully saturated rings. The van der Waals surface area contributed by atoms with Gasteiger partial charge in [-0.2, -0.15) is 0 Å². The summed E-state index contributed by atoms with van der Waals surface area (Å²) in [5, 5.41) is 0. The molecule has 1 heterocycles. The number of ether oxygens (including phenoxy) is 1. The Morgan fingerprint density at radius 1 is 1.38 bits per heavy atom. The van der Waals surface area contributed by atoms with E-state index in [2.05, 4.69) is 0 Å². The van der Waals surface area contributed by atoms with Crippen molar-refractivity contribution in [2.45, 2.75) is 25.3 Å². The highest BCUT2D eigenvalue weighted by molar-refractivity contribution is 5.89. The number of hydrogen-bond acceptors (Lipinski definition) is 4. The minimum Gasteiger partial charge on any atom is -0.381 e. The van der Waals surface area contributed by atoms with Crippen LogP contribution in [0.4, 0.5) is 0 Å². The number of carbonyl (C=O) groups excluding carboxylic acids is 2. The predicted octanol–water partition coefficient (Wildman–Crippen LogP) is -1.17. The SMILES string of the molecule is CCN(CC(N)=O)C(=O)C1(N)CCOCC1. The van der Waals surface area contributed by atoms with Crippen molar-refractivity contribution >= 4 is 11.8 Å². The van der Waals surface area contributed by atoms with Crippen molar-refractivity contribution in [3.63, 3.8) is 0 Å². The number of rotatable bonds is 4. The van der Waals surface area contributed by atoms with Crippen LogP contribution in [0.25, 0.3) is 0 Å². The number of amides is 2. The third kappa shape index (κ3) is 2.93. The summed E-state index contributed by atoms with van der Waals surface area (Å²) in [4.78, 5) is 24.3. The Morgan fingerprint density at radius 2 is 1.94 bits per heavy atom. The molecule has 1 rings (SSSR count). The van der Waals surface area contributed by atoms with E-state index >= 15 is 0 Å². The number of nitrogens with zero attached hydrogens (tertiary/aromatic N) is 1. The molecule has 0 radical (unpaired) electrons. The highest BCUT2D eigenvalue weighted by Crippen LogP contribution is 2.20. The second kappa shape index (κ2) is 5.27. The van der Waals surface area contributed by atoms with Gasteiger partial charge in [-0.3, -0.25) is 9.59 Å². The molecule has 1 aliphatic heterocycles. The fourth-order valence-electron chi connectivity index (χ4n) is 1.78. The van der Waals surface area contributed by atoms with Gasteiger partial charge >= 0.3 is 0 Å². The van der Waals surface area contributed by atoms with Gasteiger partial charge in [0.15, 0.2) is 0 Å². The zero-order chi connectivity index (χ0) is 12.2. The molecule has 16 heavy (non-hydrogen) atoms. The van der Waals surface area contributed by atoms with Crippen molar-refractivity contribution in [2.24, 2.45) is 11.5 Å². The molecule has 2 amide bonds. The molecule has 6 heteroatoms. The number of hydrogen-bond donors (Lipinski definition) is 2. The van der Waals surface area contributed by atoms with E-state index in [1.165, 1.54) is 4.90 Å². The standard InChI is InChI=1S/C10H19N3O3/c1-2-13(7-8(11)14)9(15)10(12)3-5-16-6-4-10/h2-7,12H2,1H3,(H2,11,14). The average molecular weight is 229 g/mol. The lowest BCUT2D eigenvalue weighted by Crippen LogP contribution is -2.59. The zero-order valence-corrected chi connectivity index (χ0v) is 9.57. The van der Waals surface area contributed by atoms with Crippen LogP contribution in [-0.4, -0.2) is 48.6 Å². The first-order valence-electron chi connectivity index (χ1n) is 5.44. The van der Waals surface area contributed by atoms with Gasteiger partial charge in [0.1, 0.15) is 0 Å². The van der Waals surface area contributed by atoms with Crippen molar-refractivity contribution in [1.29, 1.82) is 0 Å². The van der Waals surface area contributed by atoms with Crippen LogP contribution < -0.4 is 11.5 Å². The minimum absolute atomic E-state index is 0.0743. The maximum absolute atomic E-state index is 12.1. The molecule has 0 saturated carbocycles. The monoisotopic (exact) mass is 229 g/mol. The molecule has 0 aromatic rings. The summed E-state index contributed by atoms with van der Waals surface area (Å²) >= 11 is 0. The Hall–Kier alpha value is -1.14. The van der Waals surface area contributed by atoms with Gasteiger partial charge in [-0.25, -0.2) is 0 Å². The van der Waals surface area contributed by atoms with Gasteiger partial charge in [0.25, 0.3) is 0 Å². The van der Waals surface area contributed by atoms with Crippen LogP contribution in [0, 0.1) is 0 Å². The van der Waals surface area contributed by atoms with Gasteiger partial charge in [-0.1, -0.05) is 0 Å². The lowest BCUT2D eigenvalue weighted by atomic mass is 9.89. The number of primary amides is 1. The molecule has 0 aromatic carbocycles. The number of carbonyl (C=O) groups is 2. The van der Waals surface area contributed by atoms with Crippen molar-refractivity contribution < 1.29 is 14.3 Å². The van der Waals surface area contributed by atoms with Crippen LogP contribution in [0.1, 0.15) is 19.8 Å². The molecule has 4 N–H and O–H groups in total. The van der Waals surface area contributed by atoms with E-state index in [4.69, 9.17) is 16.2 Å². The zero-order valence-electron chi connectivity index (χ0n) is 9.57. The van der Waals surface area contributed by atoms with Gasteiger partial charge in [-0.05, 0) is 19.8 Å². The molecule has 92 valence electrons. The Morgan fingerprint density at radius 3 is 2.38 bits per heavy atom. The van der Waals surface area contributed by atoms with Crippen molar-refractivity contribution in [3.05, 3.63) is 0 Å². The molecule has 1 aliphatic rings. The second-order valence-electron chi connectivity index (χ2n) is 4.05. The molecule has 0 spiro atoms. The van der Waals surface area contributed by atoms with Gasteiger partial charge in [0, 0.05) is 19.8 Å². The van der Waals surface area contributed by atoms with Crippen molar-refractivity contribution in [3.8, 4) is 0 Å². The topological polar surface area (TPSA) is 98.7 Å². The van der Waals surface area contributed by atoms with Crippen LogP contribution in [0.3, 0.4) is 0 Å². The maximum Gasteiger partial charge on any atom is 0.243 e. The first kappa shape index (κ1) is 12.9. The molecule has 0 unspecified atom stereocenters. The largest absolute Gasteiger partial charge is 0.381 e. The molecule has 0 bridgehead atoms. The molecular weight excluding hydrogens is 210 g/mol. The van der Waals surface area contributed by atoms with Crippen molar-refractivity contribution in [1.82, 2.24) is 4.90 Å². The van der Waals surface area contributed by atoms with E-state index in [1.54, 1.807) is 6.92 Å². The van der Waals surface area contributed by atoms with E-state index in [0.717, 1.165) is 0 Å². The van der Waals surface area contributed by atoms with E-state index in [9.17, 15) is 9.59 Å². The van der Waals surface area contributed by atoms with Crippen molar-refractivity contribution in [2.75, 3.05) is 26.3 Å². The summed E-state index contributed by atoms with van der Waals surface area (Å²) in [6.07, 6.45) is 0.974. The first-order chi connectivity index (χ1) is 7.49. The van der Waals surface area contributed by atoms with Gasteiger partial charge in [0.05, 0.1) is 12.1 Å². The third-order valence-electron chi connectivity index (χ3n) is 2.83. The summed E-state index contributed by atoms with van der Waals surface area (Å²) in [5.74, 6) is -0.733. The van der Waals surface area contributed by atoms with Crippen LogP contribution in [0.15, 0.2) is 0 Å². The highest BCUT2D eigenvalue weighted by atomic mass is 16.5. The fourth-order valence-corrected chi connectivity index (χ4v) is 1.78. The number of likely N-dealkylation sites (N-methyl/N-ethyl adjacent to an activating group) is 1. The van der Waals surface area contributed by atoms with E-state index in [1.807, 2.05) is 0 Å². The molecule has 0 aliphatic carbocycles. The molecule has 0 atom stereocenters. The number of nitrogens with two attached hydrogens (primary N) is 2. The average Bonchev–Trinajstić information content (AvgIpc) is 2.25. The summed E-state index contributed by atoms with van der Waals surface area (Å²) in [7, 11) is 0. The molecule has 6 nitrogen and oxygen atoms in total. The lowest BCUT2D eigenvalue weighted by molar-refractivity contribution is -0.142. The van der Waals surface area contributed by atoms with Gasteiger partial charge in [0.2, 0.25) is 11.8 Å². The lowest BCUT2D eigenvalue weighted by Gasteiger charge is -2.35. The van der Waals surface area contributed by atoms with Crippen LogP contribution in [0.2, 0.25) is 0 Å². The molecular formula is C10H19N3O3. The second-order valence-corrected chi connectivity index (χ2v) is 4.05. The van der Waals surface area contributed by atoms with E-state index in [0.29, 0.717) is 32.6 Å². The van der Waals surface area contributed by atoms with Crippen LogP contribution >= 0.6 is 0 Å².